The van der Waals surface area contributed by atoms with E-state index in [0.717, 1.165) is 42.2 Å². The smallest absolute Gasteiger partial charge is 0.0112 e. The van der Waals surface area contributed by atoms with Crippen molar-refractivity contribution in [1.29, 1.82) is 0 Å². The van der Waals surface area contributed by atoms with Crippen molar-refractivity contribution < 1.29 is 0 Å². The van der Waals surface area contributed by atoms with Crippen molar-refractivity contribution in [3.8, 4) is 0 Å². The molecule has 1 saturated carbocycles. The van der Waals surface area contributed by atoms with Gasteiger partial charge in [0.2, 0.25) is 0 Å². The van der Waals surface area contributed by atoms with Crippen molar-refractivity contribution in [3.63, 3.8) is 0 Å². The molecule has 1 heterocycles. The van der Waals surface area contributed by atoms with E-state index in [1.807, 2.05) is 0 Å². The molecule has 2 heteroatoms. The third-order valence-electron chi connectivity index (χ3n) is 5.87. The monoisotopic (exact) mass is 280 g/mol. The standard InChI is InChI=1S/C18H36N2/c1-6-19-18-10-14(4)9-15(5)17(18)12-20-8-7-16(11-20)13(2)3/h13-19H,6-12H2,1-5H3. The second-order valence-corrected chi connectivity index (χ2v) is 7.93. The number of rotatable bonds is 5. The molecular weight excluding hydrogens is 244 g/mol. The summed E-state index contributed by atoms with van der Waals surface area (Å²) in [6, 6.07) is 0.747. The van der Waals surface area contributed by atoms with Gasteiger partial charge in [0.1, 0.15) is 0 Å². The predicted octanol–water partition coefficient (Wildman–Crippen LogP) is 3.62. The maximum atomic E-state index is 3.78. The fourth-order valence-electron chi connectivity index (χ4n) is 4.59. The molecule has 20 heavy (non-hydrogen) atoms. The zero-order chi connectivity index (χ0) is 14.7. The predicted molar refractivity (Wildman–Crippen MR) is 87.9 cm³/mol. The lowest BCUT2D eigenvalue weighted by atomic mass is 9.72. The normalized spacial score (nSPS) is 39.6. The summed E-state index contributed by atoms with van der Waals surface area (Å²) in [7, 11) is 0. The van der Waals surface area contributed by atoms with Gasteiger partial charge >= 0.3 is 0 Å². The second-order valence-electron chi connectivity index (χ2n) is 7.93. The van der Waals surface area contributed by atoms with Gasteiger partial charge in [-0.1, -0.05) is 34.6 Å². The van der Waals surface area contributed by atoms with Gasteiger partial charge in [-0.25, -0.2) is 0 Å². The minimum atomic E-state index is 0.747. The quantitative estimate of drug-likeness (QED) is 0.827. The fourth-order valence-corrected chi connectivity index (χ4v) is 4.59. The van der Waals surface area contributed by atoms with Gasteiger partial charge in [-0.3, -0.25) is 0 Å². The Morgan fingerprint density at radius 2 is 1.95 bits per heavy atom. The van der Waals surface area contributed by atoms with Gasteiger partial charge in [0.15, 0.2) is 0 Å². The van der Waals surface area contributed by atoms with Crippen LogP contribution in [0.2, 0.25) is 0 Å². The molecule has 0 bridgehead atoms. The van der Waals surface area contributed by atoms with Gasteiger partial charge in [0.05, 0.1) is 0 Å². The van der Waals surface area contributed by atoms with Crippen LogP contribution >= 0.6 is 0 Å². The fraction of sp³-hybridized carbons (Fsp3) is 1.00. The van der Waals surface area contributed by atoms with E-state index < -0.39 is 0 Å². The van der Waals surface area contributed by atoms with Gasteiger partial charge in [-0.05, 0) is 61.9 Å². The highest BCUT2D eigenvalue weighted by molar-refractivity contribution is 4.90. The molecule has 0 spiro atoms. The number of nitrogens with zero attached hydrogens (tertiary/aromatic N) is 1. The highest BCUT2D eigenvalue weighted by Crippen LogP contribution is 2.35. The summed E-state index contributed by atoms with van der Waals surface area (Å²) in [6.45, 7) is 17.1. The first kappa shape index (κ1) is 16.3. The zero-order valence-corrected chi connectivity index (χ0v) is 14.4. The largest absolute Gasteiger partial charge is 0.314 e. The van der Waals surface area contributed by atoms with Crippen LogP contribution in [0.1, 0.15) is 53.9 Å². The summed E-state index contributed by atoms with van der Waals surface area (Å²) in [4.78, 5) is 2.76. The Kier molecular flexibility index (Phi) is 5.92. The molecule has 1 saturated heterocycles. The molecule has 2 fully saturated rings. The summed E-state index contributed by atoms with van der Waals surface area (Å²) in [5.74, 6) is 4.42. The van der Waals surface area contributed by atoms with Crippen LogP contribution in [0.15, 0.2) is 0 Å². The summed E-state index contributed by atoms with van der Waals surface area (Å²) in [6.07, 6.45) is 4.22. The van der Waals surface area contributed by atoms with Crippen LogP contribution in [0.3, 0.4) is 0 Å². The molecule has 1 N–H and O–H groups in total. The van der Waals surface area contributed by atoms with Crippen LogP contribution in [-0.4, -0.2) is 37.1 Å². The first-order valence-electron chi connectivity index (χ1n) is 8.97. The highest BCUT2D eigenvalue weighted by Gasteiger charge is 2.36. The third kappa shape index (κ3) is 3.98. The lowest BCUT2D eigenvalue weighted by molar-refractivity contribution is 0.109. The van der Waals surface area contributed by atoms with Crippen LogP contribution in [-0.2, 0) is 0 Å². The van der Waals surface area contributed by atoms with Crippen LogP contribution < -0.4 is 5.32 Å². The van der Waals surface area contributed by atoms with E-state index in [-0.39, 0.29) is 0 Å². The lowest BCUT2D eigenvalue weighted by Crippen LogP contribution is -2.48. The Bertz CT molecular complexity index is 289. The van der Waals surface area contributed by atoms with Crippen molar-refractivity contribution >= 4 is 0 Å². The minimum Gasteiger partial charge on any atom is -0.314 e. The van der Waals surface area contributed by atoms with E-state index in [4.69, 9.17) is 0 Å². The first-order chi connectivity index (χ1) is 9.51. The molecule has 2 aliphatic rings. The molecule has 1 aliphatic carbocycles. The average molecular weight is 280 g/mol. The van der Waals surface area contributed by atoms with E-state index in [1.165, 1.54) is 38.9 Å². The Morgan fingerprint density at radius 1 is 1.20 bits per heavy atom. The van der Waals surface area contributed by atoms with E-state index in [9.17, 15) is 0 Å². The van der Waals surface area contributed by atoms with E-state index in [1.54, 1.807) is 0 Å². The average Bonchev–Trinajstić information content (AvgIpc) is 2.82. The maximum absolute atomic E-state index is 3.78. The molecule has 1 aliphatic heterocycles. The van der Waals surface area contributed by atoms with E-state index >= 15 is 0 Å². The second kappa shape index (κ2) is 7.26. The van der Waals surface area contributed by atoms with Crippen LogP contribution in [0.25, 0.3) is 0 Å². The number of hydrogen-bond donors (Lipinski definition) is 1. The van der Waals surface area contributed by atoms with Crippen molar-refractivity contribution in [3.05, 3.63) is 0 Å². The SMILES string of the molecule is CCNC1CC(C)CC(C)C1CN1CCC(C(C)C)C1. The molecule has 2 rings (SSSR count). The summed E-state index contributed by atoms with van der Waals surface area (Å²) in [5, 5.41) is 3.78. The van der Waals surface area contributed by atoms with Crippen molar-refractivity contribution in [2.45, 2.75) is 59.9 Å². The molecule has 118 valence electrons. The Hall–Kier alpha value is -0.0800. The summed E-state index contributed by atoms with van der Waals surface area (Å²) < 4.78 is 0. The minimum absolute atomic E-state index is 0.747. The van der Waals surface area contributed by atoms with Gasteiger partial charge in [0, 0.05) is 19.1 Å². The van der Waals surface area contributed by atoms with Gasteiger partial charge in [-0.15, -0.1) is 0 Å². The Balaban J connectivity index is 1.92. The topological polar surface area (TPSA) is 15.3 Å². The third-order valence-corrected chi connectivity index (χ3v) is 5.87. The van der Waals surface area contributed by atoms with E-state index in [2.05, 4.69) is 44.8 Å². The van der Waals surface area contributed by atoms with E-state index in [0.29, 0.717) is 0 Å². The van der Waals surface area contributed by atoms with Crippen LogP contribution in [0.5, 0.6) is 0 Å². The highest BCUT2D eigenvalue weighted by atomic mass is 15.2. The molecule has 0 aromatic carbocycles. The Morgan fingerprint density at radius 3 is 2.55 bits per heavy atom. The summed E-state index contributed by atoms with van der Waals surface area (Å²) >= 11 is 0. The number of likely N-dealkylation sites (tertiary alicyclic amines) is 1. The molecule has 0 aromatic heterocycles. The van der Waals surface area contributed by atoms with Crippen molar-refractivity contribution in [2.24, 2.45) is 29.6 Å². The molecule has 5 unspecified atom stereocenters. The molecule has 2 nitrogen and oxygen atoms in total. The van der Waals surface area contributed by atoms with Crippen molar-refractivity contribution in [1.82, 2.24) is 10.2 Å². The van der Waals surface area contributed by atoms with Gasteiger partial charge < -0.3 is 10.2 Å². The molecular formula is C18H36N2. The number of nitrogens with one attached hydrogen (secondary N) is 1. The molecule has 0 aromatic rings. The van der Waals surface area contributed by atoms with Crippen LogP contribution in [0, 0.1) is 29.6 Å². The van der Waals surface area contributed by atoms with Crippen molar-refractivity contribution in [2.75, 3.05) is 26.2 Å². The van der Waals surface area contributed by atoms with Gasteiger partial charge in [-0.2, -0.15) is 0 Å². The molecule has 0 radical (unpaired) electrons. The first-order valence-corrected chi connectivity index (χ1v) is 8.97. The van der Waals surface area contributed by atoms with Crippen LogP contribution in [0.4, 0.5) is 0 Å². The lowest BCUT2D eigenvalue weighted by Gasteiger charge is -2.42. The molecule has 5 atom stereocenters. The van der Waals surface area contributed by atoms with Gasteiger partial charge in [0.25, 0.3) is 0 Å². The zero-order valence-electron chi connectivity index (χ0n) is 14.4. The maximum Gasteiger partial charge on any atom is 0.0112 e. The Labute approximate surface area is 126 Å². The molecule has 0 amide bonds. The summed E-state index contributed by atoms with van der Waals surface area (Å²) in [5.41, 5.74) is 0. The number of hydrogen-bond acceptors (Lipinski definition) is 2.